The summed E-state index contributed by atoms with van der Waals surface area (Å²) < 4.78 is 5.38. The van der Waals surface area contributed by atoms with Crippen LogP contribution in [0.2, 0.25) is 0 Å². The highest BCUT2D eigenvalue weighted by atomic mass is 16.5. The van der Waals surface area contributed by atoms with Crippen molar-refractivity contribution in [3.63, 3.8) is 0 Å². The summed E-state index contributed by atoms with van der Waals surface area (Å²) in [4.78, 5) is 18.9. The van der Waals surface area contributed by atoms with Gasteiger partial charge in [-0.1, -0.05) is 6.08 Å². The van der Waals surface area contributed by atoms with Gasteiger partial charge in [0.25, 0.3) is 0 Å². The summed E-state index contributed by atoms with van der Waals surface area (Å²) in [6.07, 6.45) is 5.86. The van der Waals surface area contributed by atoms with Gasteiger partial charge in [0, 0.05) is 56.9 Å². The first-order valence-corrected chi connectivity index (χ1v) is 9.88. The summed E-state index contributed by atoms with van der Waals surface area (Å²) >= 11 is 0. The molecule has 1 N–H and O–H groups in total. The van der Waals surface area contributed by atoms with Gasteiger partial charge in [-0.05, 0) is 37.8 Å². The van der Waals surface area contributed by atoms with Crippen LogP contribution in [0.1, 0.15) is 30.4 Å². The van der Waals surface area contributed by atoms with Crippen LogP contribution in [0, 0.1) is 0 Å². The molecule has 2 aliphatic heterocycles. The van der Waals surface area contributed by atoms with Gasteiger partial charge in [0.05, 0.1) is 7.11 Å². The Morgan fingerprint density at radius 2 is 1.70 bits per heavy atom. The Morgan fingerprint density at radius 1 is 1.07 bits per heavy atom. The molecule has 3 rings (SSSR count). The topological polar surface area (TPSA) is 56.2 Å². The molecule has 0 bridgehead atoms. The number of piperidine rings is 1. The SMILES string of the molecule is C=CCc1cc(OC)cc(CN2CCN(C(=O)N3CCCCC3)CC2)c1O. The van der Waals surface area contributed by atoms with E-state index in [-0.39, 0.29) is 6.03 Å². The molecule has 0 aromatic heterocycles. The number of carbonyl (C=O) groups is 1. The summed E-state index contributed by atoms with van der Waals surface area (Å²) in [7, 11) is 1.64. The number of nitrogens with zero attached hydrogens (tertiary/aromatic N) is 3. The van der Waals surface area contributed by atoms with Gasteiger partial charge in [0.2, 0.25) is 0 Å². The molecule has 0 atom stereocenters. The standard InChI is InChI=1S/C21H31N3O3/c1-3-7-17-14-19(27-2)15-18(20(17)25)16-22-10-12-24(13-11-22)21(26)23-8-5-4-6-9-23/h3,14-15,25H,1,4-13,16H2,2H3. The molecule has 0 saturated carbocycles. The molecule has 1 aromatic rings. The Bertz CT molecular complexity index is 663. The van der Waals surface area contributed by atoms with Crippen LogP contribution in [0.15, 0.2) is 24.8 Å². The summed E-state index contributed by atoms with van der Waals surface area (Å²) in [6.45, 7) is 9.29. The van der Waals surface area contributed by atoms with Crippen molar-refractivity contribution < 1.29 is 14.6 Å². The normalized spacial score (nSPS) is 18.4. The molecule has 6 heteroatoms. The largest absolute Gasteiger partial charge is 0.507 e. The zero-order chi connectivity index (χ0) is 19.2. The van der Waals surface area contributed by atoms with Gasteiger partial charge < -0.3 is 19.6 Å². The number of allylic oxidation sites excluding steroid dienone is 1. The fraction of sp³-hybridized carbons (Fsp3) is 0.571. The highest BCUT2D eigenvalue weighted by molar-refractivity contribution is 5.74. The van der Waals surface area contributed by atoms with Gasteiger partial charge in [-0.3, -0.25) is 4.90 Å². The number of phenols is 1. The van der Waals surface area contributed by atoms with Crippen molar-refractivity contribution in [1.29, 1.82) is 0 Å². The van der Waals surface area contributed by atoms with Gasteiger partial charge in [-0.15, -0.1) is 6.58 Å². The molecule has 0 radical (unpaired) electrons. The van der Waals surface area contributed by atoms with Crippen molar-refractivity contribution in [2.75, 3.05) is 46.4 Å². The fourth-order valence-corrected chi connectivity index (χ4v) is 3.90. The van der Waals surface area contributed by atoms with E-state index in [1.807, 2.05) is 21.9 Å². The number of piperazine rings is 1. The van der Waals surface area contributed by atoms with E-state index in [9.17, 15) is 9.90 Å². The molecule has 0 spiro atoms. The molecular formula is C21H31N3O3. The van der Waals surface area contributed by atoms with Gasteiger partial charge in [-0.25, -0.2) is 4.79 Å². The fourth-order valence-electron chi connectivity index (χ4n) is 3.90. The average Bonchev–Trinajstić information content (AvgIpc) is 2.71. The second-order valence-electron chi connectivity index (χ2n) is 7.38. The first kappa shape index (κ1) is 19.5. The zero-order valence-corrected chi connectivity index (χ0v) is 16.3. The maximum absolute atomic E-state index is 12.6. The van der Waals surface area contributed by atoms with Gasteiger partial charge >= 0.3 is 6.03 Å². The lowest BCUT2D eigenvalue weighted by molar-refractivity contribution is 0.104. The van der Waals surface area contributed by atoms with Gasteiger partial charge in [0.1, 0.15) is 11.5 Å². The molecule has 2 fully saturated rings. The minimum absolute atomic E-state index is 0.187. The van der Waals surface area contributed by atoms with Crippen LogP contribution in [0.5, 0.6) is 11.5 Å². The van der Waals surface area contributed by atoms with Crippen molar-refractivity contribution >= 4 is 6.03 Å². The van der Waals surface area contributed by atoms with Crippen molar-refractivity contribution in [2.24, 2.45) is 0 Å². The first-order chi connectivity index (χ1) is 13.1. The molecular weight excluding hydrogens is 342 g/mol. The molecule has 0 aliphatic carbocycles. The number of amides is 2. The number of hydrogen-bond donors (Lipinski definition) is 1. The molecule has 2 saturated heterocycles. The molecule has 148 valence electrons. The highest BCUT2D eigenvalue weighted by Gasteiger charge is 2.26. The number of phenolic OH excluding ortho intramolecular Hbond substituents is 1. The predicted octanol–water partition coefficient (Wildman–Crippen LogP) is 2.85. The molecule has 2 heterocycles. The smallest absolute Gasteiger partial charge is 0.320 e. The second-order valence-corrected chi connectivity index (χ2v) is 7.38. The predicted molar refractivity (Wildman–Crippen MR) is 106 cm³/mol. The number of hydrogen-bond acceptors (Lipinski definition) is 4. The molecule has 1 aromatic carbocycles. The summed E-state index contributed by atoms with van der Waals surface area (Å²) in [5, 5.41) is 10.6. The lowest BCUT2D eigenvalue weighted by atomic mass is 10.0. The number of methoxy groups -OCH3 is 1. The minimum atomic E-state index is 0.187. The van der Waals surface area contributed by atoms with Crippen molar-refractivity contribution in [2.45, 2.75) is 32.2 Å². The molecule has 2 amide bonds. The maximum Gasteiger partial charge on any atom is 0.320 e. The van der Waals surface area contributed by atoms with Crippen LogP contribution in [0.25, 0.3) is 0 Å². The van der Waals surface area contributed by atoms with E-state index in [0.29, 0.717) is 18.7 Å². The van der Waals surface area contributed by atoms with Crippen LogP contribution in [0.4, 0.5) is 4.79 Å². The number of aromatic hydroxyl groups is 1. The summed E-state index contributed by atoms with van der Waals surface area (Å²) in [6, 6.07) is 3.94. The van der Waals surface area contributed by atoms with E-state index < -0.39 is 0 Å². The average molecular weight is 373 g/mol. The summed E-state index contributed by atoms with van der Waals surface area (Å²) in [5.74, 6) is 1.07. The number of likely N-dealkylation sites (tertiary alicyclic amines) is 1. The Balaban J connectivity index is 1.59. The highest BCUT2D eigenvalue weighted by Crippen LogP contribution is 2.30. The maximum atomic E-state index is 12.6. The van der Waals surface area contributed by atoms with Gasteiger partial charge in [0.15, 0.2) is 0 Å². The monoisotopic (exact) mass is 373 g/mol. The van der Waals surface area contributed by atoms with Crippen molar-refractivity contribution in [3.8, 4) is 11.5 Å². The van der Waals surface area contributed by atoms with E-state index >= 15 is 0 Å². The summed E-state index contributed by atoms with van der Waals surface area (Å²) in [5.41, 5.74) is 1.69. The van der Waals surface area contributed by atoms with Crippen LogP contribution in [-0.2, 0) is 13.0 Å². The zero-order valence-electron chi connectivity index (χ0n) is 16.3. The molecule has 2 aliphatic rings. The minimum Gasteiger partial charge on any atom is -0.507 e. The quantitative estimate of drug-likeness (QED) is 0.807. The number of carbonyl (C=O) groups excluding carboxylic acids is 1. The molecule has 6 nitrogen and oxygen atoms in total. The third-order valence-electron chi connectivity index (χ3n) is 5.50. The second kappa shape index (κ2) is 9.13. The van der Waals surface area contributed by atoms with E-state index in [4.69, 9.17) is 4.74 Å². The first-order valence-electron chi connectivity index (χ1n) is 9.88. The van der Waals surface area contributed by atoms with Crippen LogP contribution in [0.3, 0.4) is 0 Å². The Morgan fingerprint density at radius 3 is 2.33 bits per heavy atom. The third kappa shape index (κ3) is 4.75. The number of ether oxygens (including phenoxy) is 1. The van der Waals surface area contributed by atoms with Crippen LogP contribution in [-0.4, -0.2) is 72.2 Å². The number of rotatable bonds is 5. The van der Waals surface area contributed by atoms with Crippen molar-refractivity contribution in [1.82, 2.24) is 14.7 Å². The van der Waals surface area contributed by atoms with Crippen LogP contribution >= 0.6 is 0 Å². The van der Waals surface area contributed by atoms with E-state index in [1.165, 1.54) is 6.42 Å². The number of benzene rings is 1. The number of urea groups is 1. The third-order valence-corrected chi connectivity index (χ3v) is 5.50. The van der Waals surface area contributed by atoms with E-state index in [1.54, 1.807) is 13.2 Å². The van der Waals surface area contributed by atoms with E-state index in [0.717, 1.165) is 69.0 Å². The van der Waals surface area contributed by atoms with Crippen molar-refractivity contribution in [3.05, 3.63) is 35.9 Å². The Hall–Kier alpha value is -2.21. The van der Waals surface area contributed by atoms with Crippen LogP contribution < -0.4 is 4.74 Å². The van der Waals surface area contributed by atoms with E-state index in [2.05, 4.69) is 11.5 Å². The molecule has 27 heavy (non-hydrogen) atoms. The molecule has 0 unspecified atom stereocenters. The lowest BCUT2D eigenvalue weighted by Crippen LogP contribution is -2.53. The van der Waals surface area contributed by atoms with Gasteiger partial charge in [-0.2, -0.15) is 0 Å². The Kier molecular flexibility index (Phi) is 6.61. The lowest BCUT2D eigenvalue weighted by Gasteiger charge is -2.38. The Labute approximate surface area is 162 Å².